The summed E-state index contributed by atoms with van der Waals surface area (Å²) in [6.45, 7) is 0.390. The van der Waals surface area contributed by atoms with Crippen LogP contribution >= 0.6 is 15.9 Å². The lowest BCUT2D eigenvalue weighted by molar-refractivity contribution is 0.619. The summed E-state index contributed by atoms with van der Waals surface area (Å²) in [5.74, 6) is -0.890. The first-order chi connectivity index (χ1) is 9.10. The van der Waals surface area contributed by atoms with Crippen LogP contribution in [-0.2, 0) is 6.54 Å². The number of benzene rings is 2. The summed E-state index contributed by atoms with van der Waals surface area (Å²) in [6.07, 6.45) is 0. The highest BCUT2D eigenvalue weighted by Gasteiger charge is 2.04. The first-order valence-electron chi connectivity index (χ1n) is 5.47. The molecule has 2 aromatic rings. The van der Waals surface area contributed by atoms with Gasteiger partial charge in [-0.05, 0) is 51.8 Å². The van der Waals surface area contributed by atoms with E-state index in [2.05, 4.69) is 21.2 Å². The van der Waals surface area contributed by atoms with Gasteiger partial charge in [0.25, 0.3) is 0 Å². The Morgan fingerprint density at radius 1 is 1.11 bits per heavy atom. The molecule has 0 amide bonds. The van der Waals surface area contributed by atoms with Crippen LogP contribution in [0.3, 0.4) is 0 Å². The van der Waals surface area contributed by atoms with Crippen LogP contribution in [0.5, 0.6) is 0 Å². The van der Waals surface area contributed by atoms with Crippen molar-refractivity contribution in [3.8, 4) is 6.07 Å². The second-order valence-electron chi connectivity index (χ2n) is 3.91. The molecule has 0 spiro atoms. The van der Waals surface area contributed by atoms with Gasteiger partial charge in [-0.1, -0.05) is 6.07 Å². The van der Waals surface area contributed by atoms with E-state index in [0.29, 0.717) is 16.7 Å². The van der Waals surface area contributed by atoms with E-state index in [4.69, 9.17) is 5.26 Å². The van der Waals surface area contributed by atoms with E-state index in [9.17, 15) is 8.78 Å². The van der Waals surface area contributed by atoms with Crippen molar-refractivity contribution in [3.05, 3.63) is 63.6 Å². The fraction of sp³-hybridized carbons (Fsp3) is 0.0714. The summed E-state index contributed by atoms with van der Waals surface area (Å²) in [6, 6.07) is 10.8. The van der Waals surface area contributed by atoms with Crippen molar-refractivity contribution in [1.29, 1.82) is 5.26 Å². The number of anilines is 1. The monoisotopic (exact) mass is 322 g/mol. The van der Waals surface area contributed by atoms with E-state index in [1.54, 1.807) is 18.2 Å². The van der Waals surface area contributed by atoms with Crippen LogP contribution in [0.1, 0.15) is 11.1 Å². The summed E-state index contributed by atoms with van der Waals surface area (Å²) in [4.78, 5) is 0. The summed E-state index contributed by atoms with van der Waals surface area (Å²) >= 11 is 3.08. The minimum Gasteiger partial charge on any atom is -0.381 e. The molecule has 0 radical (unpaired) electrons. The van der Waals surface area contributed by atoms with Crippen molar-refractivity contribution >= 4 is 21.6 Å². The van der Waals surface area contributed by atoms with Gasteiger partial charge in [-0.15, -0.1) is 0 Å². The lowest BCUT2D eigenvalue weighted by Crippen LogP contribution is -2.00. The quantitative estimate of drug-likeness (QED) is 0.918. The molecule has 0 aromatic heterocycles. The van der Waals surface area contributed by atoms with Crippen molar-refractivity contribution in [1.82, 2.24) is 0 Å². The topological polar surface area (TPSA) is 35.8 Å². The average Bonchev–Trinajstić information content (AvgIpc) is 2.41. The Bertz CT molecular complexity index is 650. The van der Waals surface area contributed by atoms with Crippen LogP contribution < -0.4 is 5.32 Å². The Labute approximate surface area is 117 Å². The normalized spacial score (nSPS) is 10.0. The maximum absolute atomic E-state index is 13.3. The third kappa shape index (κ3) is 3.30. The highest BCUT2D eigenvalue weighted by molar-refractivity contribution is 9.10. The molecular formula is C14H9BrF2N2. The van der Waals surface area contributed by atoms with Crippen LogP contribution in [0.25, 0.3) is 0 Å². The smallest absolute Gasteiger partial charge is 0.141 e. The van der Waals surface area contributed by atoms with Gasteiger partial charge < -0.3 is 5.32 Å². The summed E-state index contributed by atoms with van der Waals surface area (Å²) in [5, 5.41) is 11.7. The van der Waals surface area contributed by atoms with Gasteiger partial charge >= 0.3 is 0 Å². The van der Waals surface area contributed by atoms with Gasteiger partial charge in [-0.2, -0.15) is 5.26 Å². The number of nitrogens with zero attached hydrogens (tertiary/aromatic N) is 1. The minimum absolute atomic E-state index is 0.0213. The molecule has 2 aromatic carbocycles. The molecule has 0 saturated carbocycles. The standard InChI is InChI=1S/C14H9BrF2N2/c15-12-3-1-9(5-14(12)17)8-19-11-2-4-13(16)10(6-11)7-18/h1-6,19H,8H2. The molecular weight excluding hydrogens is 314 g/mol. The van der Waals surface area contributed by atoms with Crippen molar-refractivity contribution in [2.45, 2.75) is 6.54 Å². The van der Waals surface area contributed by atoms with E-state index < -0.39 is 5.82 Å². The van der Waals surface area contributed by atoms with E-state index in [-0.39, 0.29) is 11.4 Å². The molecule has 0 unspecified atom stereocenters. The third-order valence-corrected chi connectivity index (χ3v) is 3.21. The molecule has 1 N–H and O–H groups in total. The van der Waals surface area contributed by atoms with Gasteiger partial charge in [-0.3, -0.25) is 0 Å². The molecule has 96 valence electrons. The molecule has 0 aliphatic carbocycles. The van der Waals surface area contributed by atoms with Crippen molar-refractivity contribution < 1.29 is 8.78 Å². The van der Waals surface area contributed by atoms with Crippen molar-refractivity contribution in [2.75, 3.05) is 5.32 Å². The first-order valence-corrected chi connectivity index (χ1v) is 6.27. The molecule has 0 heterocycles. The third-order valence-electron chi connectivity index (χ3n) is 2.57. The van der Waals surface area contributed by atoms with Crippen LogP contribution in [0.2, 0.25) is 0 Å². The molecule has 0 atom stereocenters. The first kappa shape index (κ1) is 13.5. The van der Waals surface area contributed by atoms with Crippen LogP contribution in [0.15, 0.2) is 40.9 Å². The summed E-state index contributed by atoms with van der Waals surface area (Å²) in [5.41, 5.74) is 1.34. The Hall–Kier alpha value is -1.93. The fourth-order valence-electron chi connectivity index (χ4n) is 1.57. The second-order valence-corrected chi connectivity index (χ2v) is 4.76. The molecule has 19 heavy (non-hydrogen) atoms. The number of nitriles is 1. The average molecular weight is 323 g/mol. The number of hydrogen-bond donors (Lipinski definition) is 1. The number of halogens is 3. The van der Waals surface area contributed by atoms with Gasteiger partial charge in [0.1, 0.15) is 17.7 Å². The van der Waals surface area contributed by atoms with E-state index in [1.165, 1.54) is 24.3 Å². The molecule has 0 aliphatic heterocycles. The SMILES string of the molecule is N#Cc1cc(NCc2ccc(Br)c(F)c2)ccc1F. The Morgan fingerprint density at radius 2 is 1.89 bits per heavy atom. The largest absolute Gasteiger partial charge is 0.381 e. The summed E-state index contributed by atoms with van der Waals surface area (Å²) in [7, 11) is 0. The van der Waals surface area contributed by atoms with Crippen LogP contribution in [-0.4, -0.2) is 0 Å². The van der Waals surface area contributed by atoms with Gasteiger partial charge in [0, 0.05) is 12.2 Å². The van der Waals surface area contributed by atoms with Gasteiger partial charge in [0.15, 0.2) is 0 Å². The van der Waals surface area contributed by atoms with Crippen LogP contribution in [0.4, 0.5) is 14.5 Å². The predicted molar refractivity (Wildman–Crippen MR) is 72.5 cm³/mol. The predicted octanol–water partition coefficient (Wildman–Crippen LogP) is 4.21. The molecule has 0 fully saturated rings. The minimum atomic E-state index is -0.553. The van der Waals surface area contributed by atoms with Gasteiger partial charge in [-0.25, -0.2) is 8.78 Å². The maximum atomic E-state index is 13.3. The Kier molecular flexibility index (Phi) is 4.13. The molecule has 0 bridgehead atoms. The van der Waals surface area contributed by atoms with E-state index >= 15 is 0 Å². The maximum Gasteiger partial charge on any atom is 0.141 e. The zero-order valence-corrected chi connectivity index (χ0v) is 11.3. The number of hydrogen-bond acceptors (Lipinski definition) is 2. The molecule has 0 saturated heterocycles. The fourth-order valence-corrected chi connectivity index (χ4v) is 1.82. The molecule has 2 rings (SSSR count). The zero-order chi connectivity index (χ0) is 13.8. The highest BCUT2D eigenvalue weighted by Crippen LogP contribution is 2.18. The number of nitrogens with one attached hydrogen (secondary N) is 1. The van der Waals surface area contributed by atoms with Crippen molar-refractivity contribution in [2.24, 2.45) is 0 Å². The van der Waals surface area contributed by atoms with Crippen LogP contribution in [0, 0.1) is 23.0 Å². The molecule has 0 aliphatic rings. The molecule has 2 nitrogen and oxygen atoms in total. The van der Waals surface area contributed by atoms with E-state index in [0.717, 1.165) is 5.56 Å². The second kappa shape index (κ2) is 5.81. The Balaban J connectivity index is 2.10. The Morgan fingerprint density at radius 3 is 2.58 bits per heavy atom. The van der Waals surface area contributed by atoms with Gasteiger partial charge in [0.2, 0.25) is 0 Å². The van der Waals surface area contributed by atoms with Gasteiger partial charge in [0.05, 0.1) is 10.0 Å². The lowest BCUT2D eigenvalue weighted by atomic mass is 10.2. The number of rotatable bonds is 3. The zero-order valence-electron chi connectivity index (χ0n) is 9.75. The lowest BCUT2D eigenvalue weighted by Gasteiger charge is -2.07. The summed E-state index contributed by atoms with van der Waals surface area (Å²) < 4.78 is 26.8. The molecule has 5 heteroatoms. The highest BCUT2D eigenvalue weighted by atomic mass is 79.9. The van der Waals surface area contributed by atoms with Crippen molar-refractivity contribution in [3.63, 3.8) is 0 Å². The van der Waals surface area contributed by atoms with E-state index in [1.807, 2.05) is 0 Å².